The lowest BCUT2D eigenvalue weighted by atomic mass is 9.80. The van der Waals surface area contributed by atoms with Crippen LogP contribution in [-0.4, -0.2) is 25.2 Å². The molecule has 5 nitrogen and oxygen atoms in total. The van der Waals surface area contributed by atoms with Crippen molar-refractivity contribution in [2.45, 2.75) is 6.61 Å². The Morgan fingerprint density at radius 1 is 1.26 bits per heavy atom. The lowest BCUT2D eigenvalue weighted by Gasteiger charge is -2.10. The van der Waals surface area contributed by atoms with Gasteiger partial charge in [0, 0.05) is 0 Å². The Hall–Kier alpha value is -2.45. The van der Waals surface area contributed by atoms with Crippen LogP contribution < -0.4 is 10.2 Å². The maximum atomic E-state index is 14.0. The molecule has 0 bridgehead atoms. The Morgan fingerprint density at radius 2 is 1.96 bits per heavy atom. The predicted molar refractivity (Wildman–Crippen MR) is 76.6 cm³/mol. The number of methoxy groups -OCH3 is 1. The standard InChI is InChI=1S/C15H11BF2O5/c1-21-15(19)8-5-12(17)14(13(18)6-8)23-10-2-3-11-9(4-10)7-22-16(11)20/h2-6,20H,7H2,1H3. The zero-order chi connectivity index (χ0) is 16.6. The monoisotopic (exact) mass is 320 g/mol. The van der Waals surface area contributed by atoms with E-state index in [0.717, 1.165) is 19.2 Å². The van der Waals surface area contributed by atoms with Crippen molar-refractivity contribution in [3.8, 4) is 11.5 Å². The minimum absolute atomic E-state index is 0.180. The lowest BCUT2D eigenvalue weighted by molar-refractivity contribution is 0.0599. The molecule has 0 fully saturated rings. The van der Waals surface area contributed by atoms with Gasteiger partial charge in [-0.3, -0.25) is 0 Å². The van der Waals surface area contributed by atoms with Crippen LogP contribution in [0.4, 0.5) is 8.78 Å². The molecular weight excluding hydrogens is 309 g/mol. The second kappa shape index (κ2) is 5.98. The summed E-state index contributed by atoms with van der Waals surface area (Å²) in [5, 5.41) is 9.53. The van der Waals surface area contributed by atoms with Crippen LogP contribution in [0, 0.1) is 11.6 Å². The number of hydrogen-bond donors (Lipinski definition) is 1. The summed E-state index contributed by atoms with van der Waals surface area (Å²) >= 11 is 0. The molecule has 0 amide bonds. The quantitative estimate of drug-likeness (QED) is 0.690. The Morgan fingerprint density at radius 3 is 2.61 bits per heavy atom. The van der Waals surface area contributed by atoms with Gasteiger partial charge in [0.25, 0.3) is 0 Å². The molecule has 1 N–H and O–H groups in total. The second-order valence-corrected chi connectivity index (χ2v) is 4.89. The second-order valence-electron chi connectivity index (χ2n) is 4.89. The highest BCUT2D eigenvalue weighted by atomic mass is 19.1. The third kappa shape index (κ3) is 2.90. The van der Waals surface area contributed by atoms with E-state index in [9.17, 15) is 18.6 Å². The summed E-state index contributed by atoms with van der Waals surface area (Å²) in [6, 6.07) is 6.22. The van der Waals surface area contributed by atoms with Gasteiger partial charge in [-0.2, -0.15) is 0 Å². The number of fused-ring (bicyclic) bond motifs is 1. The zero-order valence-corrected chi connectivity index (χ0v) is 12.0. The van der Waals surface area contributed by atoms with Crippen molar-refractivity contribution in [1.82, 2.24) is 0 Å². The lowest BCUT2D eigenvalue weighted by Crippen LogP contribution is -2.27. The SMILES string of the molecule is COC(=O)c1cc(F)c(Oc2ccc3c(c2)COB3O)c(F)c1. The molecule has 0 unspecified atom stereocenters. The van der Waals surface area contributed by atoms with Crippen LogP contribution in [0.5, 0.6) is 11.5 Å². The molecule has 0 saturated heterocycles. The van der Waals surface area contributed by atoms with Crippen molar-refractivity contribution < 1.29 is 32.7 Å². The molecule has 118 valence electrons. The fourth-order valence-corrected chi connectivity index (χ4v) is 2.28. The number of benzene rings is 2. The van der Waals surface area contributed by atoms with Crippen molar-refractivity contribution in [3.05, 3.63) is 53.1 Å². The predicted octanol–water partition coefficient (Wildman–Crippen LogP) is 1.76. The topological polar surface area (TPSA) is 65.0 Å². The van der Waals surface area contributed by atoms with E-state index < -0.39 is 30.5 Å². The average Bonchev–Trinajstić information content (AvgIpc) is 2.90. The minimum atomic E-state index is -1.03. The molecular formula is C15H11BF2O5. The first-order valence-electron chi connectivity index (χ1n) is 6.67. The summed E-state index contributed by atoms with van der Waals surface area (Å²) in [5.41, 5.74) is 1.00. The number of esters is 1. The summed E-state index contributed by atoms with van der Waals surface area (Å²) in [7, 11) is 0.107. The van der Waals surface area contributed by atoms with Crippen LogP contribution in [0.2, 0.25) is 0 Å². The van der Waals surface area contributed by atoms with Crippen molar-refractivity contribution in [2.75, 3.05) is 7.11 Å². The molecule has 1 aliphatic rings. The first kappa shape index (κ1) is 15.5. The molecule has 23 heavy (non-hydrogen) atoms. The first-order chi connectivity index (χ1) is 11.0. The van der Waals surface area contributed by atoms with Gasteiger partial charge in [0.05, 0.1) is 19.3 Å². The molecule has 2 aromatic carbocycles. The highest BCUT2D eigenvalue weighted by Gasteiger charge is 2.27. The average molecular weight is 320 g/mol. The van der Waals surface area contributed by atoms with Crippen LogP contribution in [0.25, 0.3) is 0 Å². The summed E-state index contributed by atoms with van der Waals surface area (Å²) in [6.45, 7) is 0.180. The molecule has 0 aromatic heterocycles. The Balaban J connectivity index is 1.90. The molecule has 0 saturated carbocycles. The maximum absolute atomic E-state index is 14.0. The highest BCUT2D eigenvalue weighted by molar-refractivity contribution is 6.61. The third-order valence-corrected chi connectivity index (χ3v) is 3.42. The van der Waals surface area contributed by atoms with E-state index in [4.69, 9.17) is 9.39 Å². The molecule has 2 aromatic rings. The zero-order valence-electron chi connectivity index (χ0n) is 12.0. The largest absolute Gasteiger partial charge is 0.491 e. The van der Waals surface area contributed by atoms with Gasteiger partial charge in [0.2, 0.25) is 0 Å². The summed E-state index contributed by atoms with van der Waals surface area (Å²) in [6.07, 6.45) is 0. The number of carbonyl (C=O) groups is 1. The van der Waals surface area contributed by atoms with Crippen molar-refractivity contribution in [2.24, 2.45) is 0 Å². The fraction of sp³-hybridized carbons (Fsp3) is 0.133. The van der Waals surface area contributed by atoms with Crippen LogP contribution in [-0.2, 0) is 16.0 Å². The van der Waals surface area contributed by atoms with E-state index >= 15 is 0 Å². The number of halogens is 2. The number of rotatable bonds is 3. The van der Waals surface area contributed by atoms with Gasteiger partial charge in [-0.1, -0.05) is 6.07 Å². The summed E-state index contributed by atoms with van der Waals surface area (Å²) in [4.78, 5) is 11.3. The number of hydrogen-bond acceptors (Lipinski definition) is 5. The van der Waals surface area contributed by atoms with E-state index in [1.165, 1.54) is 12.1 Å². The van der Waals surface area contributed by atoms with Crippen LogP contribution in [0.1, 0.15) is 15.9 Å². The molecule has 0 atom stereocenters. The molecule has 1 heterocycles. The van der Waals surface area contributed by atoms with Gasteiger partial charge in [-0.15, -0.1) is 0 Å². The van der Waals surface area contributed by atoms with Crippen LogP contribution in [0.3, 0.4) is 0 Å². The summed E-state index contributed by atoms with van der Waals surface area (Å²) in [5.74, 6) is -3.34. The smallest absolute Gasteiger partial charge is 0.465 e. The van der Waals surface area contributed by atoms with Crippen molar-refractivity contribution >= 4 is 18.6 Å². The Kier molecular flexibility index (Phi) is 4.02. The fourth-order valence-electron chi connectivity index (χ4n) is 2.28. The molecule has 1 aliphatic heterocycles. The first-order valence-corrected chi connectivity index (χ1v) is 6.67. The number of carbonyl (C=O) groups excluding carboxylic acids is 1. The van der Waals surface area contributed by atoms with E-state index in [2.05, 4.69) is 4.74 Å². The van der Waals surface area contributed by atoms with Gasteiger partial charge in [-0.05, 0) is 35.3 Å². The van der Waals surface area contributed by atoms with Crippen molar-refractivity contribution in [3.63, 3.8) is 0 Å². The molecule has 0 aliphatic carbocycles. The van der Waals surface area contributed by atoms with E-state index in [1.54, 1.807) is 6.07 Å². The van der Waals surface area contributed by atoms with E-state index in [0.29, 0.717) is 11.0 Å². The van der Waals surface area contributed by atoms with Gasteiger partial charge in [0.1, 0.15) is 5.75 Å². The van der Waals surface area contributed by atoms with Crippen LogP contribution in [0.15, 0.2) is 30.3 Å². The summed E-state index contributed by atoms with van der Waals surface area (Å²) < 4.78 is 42.7. The maximum Gasteiger partial charge on any atom is 0.491 e. The molecule has 3 rings (SSSR count). The molecule has 0 spiro atoms. The van der Waals surface area contributed by atoms with Crippen molar-refractivity contribution in [1.29, 1.82) is 0 Å². The number of ether oxygens (including phenoxy) is 2. The molecule has 8 heteroatoms. The highest BCUT2D eigenvalue weighted by Crippen LogP contribution is 2.29. The molecule has 0 radical (unpaired) electrons. The Bertz CT molecular complexity index is 757. The van der Waals surface area contributed by atoms with Gasteiger partial charge < -0.3 is 19.2 Å². The van der Waals surface area contributed by atoms with Crippen LogP contribution >= 0.6 is 0 Å². The van der Waals surface area contributed by atoms with E-state index in [1.807, 2.05) is 0 Å². The Labute approximate surface area is 130 Å². The minimum Gasteiger partial charge on any atom is -0.465 e. The van der Waals surface area contributed by atoms with E-state index in [-0.39, 0.29) is 17.9 Å². The van der Waals surface area contributed by atoms with Gasteiger partial charge in [-0.25, -0.2) is 13.6 Å². The van der Waals surface area contributed by atoms with Gasteiger partial charge in [0.15, 0.2) is 17.4 Å². The normalized spacial score (nSPS) is 13.0. The van der Waals surface area contributed by atoms with Gasteiger partial charge >= 0.3 is 13.1 Å². The third-order valence-electron chi connectivity index (χ3n) is 3.42.